The lowest BCUT2D eigenvalue weighted by Gasteiger charge is -2.30. The van der Waals surface area contributed by atoms with Crippen LogP contribution < -0.4 is 5.32 Å². The molecule has 0 aromatic rings. The lowest BCUT2D eigenvalue weighted by Crippen LogP contribution is -2.32. The Morgan fingerprint density at radius 2 is 2.21 bits per heavy atom. The summed E-state index contributed by atoms with van der Waals surface area (Å²) in [5, 5.41) is 3.19. The van der Waals surface area contributed by atoms with E-state index in [4.69, 9.17) is 4.74 Å². The first-order valence-corrected chi connectivity index (χ1v) is 6.06. The molecular weight excluding hydrogens is 174 g/mol. The van der Waals surface area contributed by atoms with Gasteiger partial charge >= 0.3 is 0 Å². The van der Waals surface area contributed by atoms with Gasteiger partial charge in [-0.15, -0.1) is 0 Å². The molecule has 1 aliphatic rings. The molecule has 14 heavy (non-hydrogen) atoms. The molecule has 1 saturated carbocycles. The lowest BCUT2D eigenvalue weighted by molar-refractivity contribution is -0.0383. The van der Waals surface area contributed by atoms with E-state index in [0.717, 1.165) is 18.9 Å². The van der Waals surface area contributed by atoms with Crippen molar-refractivity contribution in [3.63, 3.8) is 0 Å². The van der Waals surface area contributed by atoms with Gasteiger partial charge in [0, 0.05) is 6.54 Å². The third-order valence-corrected chi connectivity index (χ3v) is 3.16. The second-order valence-corrected chi connectivity index (χ2v) is 4.62. The van der Waals surface area contributed by atoms with Gasteiger partial charge in [0.2, 0.25) is 0 Å². The number of hydrogen-bond acceptors (Lipinski definition) is 2. The minimum atomic E-state index is 0.412. The van der Waals surface area contributed by atoms with Gasteiger partial charge in [-0.3, -0.25) is 0 Å². The highest BCUT2D eigenvalue weighted by atomic mass is 16.5. The van der Waals surface area contributed by atoms with Crippen LogP contribution in [0.5, 0.6) is 0 Å². The van der Waals surface area contributed by atoms with Crippen molar-refractivity contribution >= 4 is 0 Å². The first-order valence-electron chi connectivity index (χ1n) is 6.06. The van der Waals surface area contributed by atoms with Gasteiger partial charge in [0.15, 0.2) is 0 Å². The summed E-state index contributed by atoms with van der Waals surface area (Å²) in [4.78, 5) is 0. The fourth-order valence-electron chi connectivity index (χ4n) is 2.29. The molecule has 0 aromatic heterocycles. The van der Waals surface area contributed by atoms with Crippen molar-refractivity contribution in [3.8, 4) is 0 Å². The summed E-state index contributed by atoms with van der Waals surface area (Å²) in [5.74, 6) is 0.862. The van der Waals surface area contributed by atoms with E-state index in [0.29, 0.717) is 12.2 Å². The molecule has 0 amide bonds. The zero-order valence-corrected chi connectivity index (χ0v) is 9.88. The van der Waals surface area contributed by atoms with Crippen LogP contribution in [0.25, 0.3) is 0 Å². The molecule has 0 saturated heterocycles. The lowest BCUT2D eigenvalue weighted by atomic mass is 9.88. The van der Waals surface area contributed by atoms with Crippen molar-refractivity contribution in [2.45, 2.75) is 58.2 Å². The fourth-order valence-corrected chi connectivity index (χ4v) is 2.29. The molecule has 0 aliphatic heterocycles. The van der Waals surface area contributed by atoms with Crippen molar-refractivity contribution in [1.82, 2.24) is 5.32 Å². The molecule has 1 rings (SSSR count). The van der Waals surface area contributed by atoms with Crippen LogP contribution in [-0.4, -0.2) is 25.8 Å². The van der Waals surface area contributed by atoms with Crippen molar-refractivity contribution in [2.24, 2.45) is 5.92 Å². The van der Waals surface area contributed by atoms with E-state index < -0.39 is 0 Å². The zero-order chi connectivity index (χ0) is 10.4. The van der Waals surface area contributed by atoms with E-state index in [2.05, 4.69) is 19.2 Å². The van der Waals surface area contributed by atoms with E-state index >= 15 is 0 Å². The van der Waals surface area contributed by atoms with Gasteiger partial charge in [-0.1, -0.05) is 26.7 Å². The maximum absolute atomic E-state index is 6.09. The van der Waals surface area contributed by atoms with E-state index in [1.807, 2.05) is 7.05 Å². The van der Waals surface area contributed by atoms with Gasteiger partial charge in [0.25, 0.3) is 0 Å². The van der Waals surface area contributed by atoms with Crippen molar-refractivity contribution in [3.05, 3.63) is 0 Å². The average molecular weight is 199 g/mol. The third-order valence-electron chi connectivity index (χ3n) is 3.16. The fraction of sp³-hybridized carbons (Fsp3) is 1.00. The molecular formula is C12H25NO. The SMILES string of the molecule is CCC(CNC)OC1CCCC(C)C1. The standard InChI is InChI=1S/C12H25NO/c1-4-11(9-13-3)14-12-7-5-6-10(2)8-12/h10-13H,4-9H2,1-3H3. The van der Waals surface area contributed by atoms with Crippen LogP contribution in [0.4, 0.5) is 0 Å². The van der Waals surface area contributed by atoms with Crippen LogP contribution in [0.1, 0.15) is 46.0 Å². The predicted molar refractivity (Wildman–Crippen MR) is 60.5 cm³/mol. The van der Waals surface area contributed by atoms with Gasteiger partial charge in [-0.2, -0.15) is 0 Å². The Morgan fingerprint density at radius 1 is 1.43 bits per heavy atom. The Balaban J connectivity index is 2.26. The smallest absolute Gasteiger partial charge is 0.0700 e. The summed E-state index contributed by atoms with van der Waals surface area (Å²) in [6.45, 7) is 5.53. The van der Waals surface area contributed by atoms with Gasteiger partial charge in [0.05, 0.1) is 12.2 Å². The molecule has 1 fully saturated rings. The Hall–Kier alpha value is -0.0800. The van der Waals surface area contributed by atoms with Gasteiger partial charge < -0.3 is 10.1 Å². The molecule has 0 radical (unpaired) electrons. The second-order valence-electron chi connectivity index (χ2n) is 4.62. The minimum absolute atomic E-state index is 0.412. The number of likely N-dealkylation sites (N-methyl/N-ethyl adjacent to an activating group) is 1. The van der Waals surface area contributed by atoms with Crippen LogP contribution in [0.2, 0.25) is 0 Å². The van der Waals surface area contributed by atoms with Crippen LogP contribution in [-0.2, 0) is 4.74 Å². The molecule has 3 atom stereocenters. The quantitative estimate of drug-likeness (QED) is 0.735. The Bertz CT molecular complexity index is 149. The van der Waals surface area contributed by atoms with E-state index in [1.54, 1.807) is 0 Å². The van der Waals surface area contributed by atoms with Crippen molar-refractivity contribution < 1.29 is 4.74 Å². The Kier molecular flexibility index (Phi) is 5.49. The van der Waals surface area contributed by atoms with Gasteiger partial charge in [-0.05, 0) is 32.2 Å². The van der Waals surface area contributed by atoms with E-state index in [9.17, 15) is 0 Å². The van der Waals surface area contributed by atoms with Crippen LogP contribution in [0.15, 0.2) is 0 Å². The highest BCUT2D eigenvalue weighted by molar-refractivity contribution is 4.72. The van der Waals surface area contributed by atoms with Gasteiger partial charge in [-0.25, -0.2) is 0 Å². The molecule has 1 aliphatic carbocycles. The molecule has 3 unspecified atom stereocenters. The minimum Gasteiger partial charge on any atom is -0.374 e. The third kappa shape index (κ3) is 3.97. The normalized spacial score (nSPS) is 30.2. The predicted octanol–water partition coefficient (Wildman–Crippen LogP) is 2.58. The summed E-state index contributed by atoms with van der Waals surface area (Å²) in [6, 6.07) is 0. The molecule has 0 aromatic carbocycles. The Morgan fingerprint density at radius 3 is 2.79 bits per heavy atom. The molecule has 2 nitrogen and oxygen atoms in total. The molecule has 1 N–H and O–H groups in total. The van der Waals surface area contributed by atoms with E-state index in [-0.39, 0.29) is 0 Å². The Labute approximate surface area is 88.4 Å². The van der Waals surface area contributed by atoms with Crippen molar-refractivity contribution in [2.75, 3.05) is 13.6 Å². The monoisotopic (exact) mass is 199 g/mol. The zero-order valence-electron chi connectivity index (χ0n) is 9.88. The van der Waals surface area contributed by atoms with Crippen molar-refractivity contribution in [1.29, 1.82) is 0 Å². The van der Waals surface area contributed by atoms with Crippen LogP contribution >= 0.6 is 0 Å². The largest absolute Gasteiger partial charge is 0.374 e. The summed E-state index contributed by atoms with van der Waals surface area (Å²) in [6.07, 6.45) is 7.33. The first kappa shape index (κ1) is 12.0. The maximum Gasteiger partial charge on any atom is 0.0700 e. The summed E-state index contributed by atoms with van der Waals surface area (Å²) in [5.41, 5.74) is 0. The highest BCUT2D eigenvalue weighted by Crippen LogP contribution is 2.26. The molecule has 84 valence electrons. The summed E-state index contributed by atoms with van der Waals surface area (Å²) in [7, 11) is 2.00. The number of nitrogens with one attached hydrogen (secondary N) is 1. The summed E-state index contributed by atoms with van der Waals surface area (Å²) >= 11 is 0. The maximum atomic E-state index is 6.09. The average Bonchev–Trinajstić information content (AvgIpc) is 2.17. The number of rotatable bonds is 5. The topological polar surface area (TPSA) is 21.3 Å². The highest BCUT2D eigenvalue weighted by Gasteiger charge is 2.21. The first-order chi connectivity index (χ1) is 6.76. The van der Waals surface area contributed by atoms with E-state index in [1.165, 1.54) is 25.7 Å². The van der Waals surface area contributed by atoms with Gasteiger partial charge in [0.1, 0.15) is 0 Å². The number of ether oxygens (including phenoxy) is 1. The van der Waals surface area contributed by atoms with Crippen LogP contribution in [0, 0.1) is 5.92 Å². The molecule has 0 bridgehead atoms. The second kappa shape index (κ2) is 6.41. The molecule has 0 heterocycles. The summed E-state index contributed by atoms with van der Waals surface area (Å²) < 4.78 is 6.09. The van der Waals surface area contributed by atoms with Crippen LogP contribution in [0.3, 0.4) is 0 Å². The molecule has 0 spiro atoms. The number of hydrogen-bond donors (Lipinski definition) is 1. The molecule has 2 heteroatoms.